The van der Waals surface area contributed by atoms with Gasteiger partial charge in [-0.05, 0) is 24.3 Å². The van der Waals surface area contributed by atoms with Crippen LogP contribution < -0.4 is 9.47 Å². The largest absolute Gasteiger partial charge is 0.485 e. The first-order valence-electron chi connectivity index (χ1n) is 9.52. The number of rotatable bonds is 4. The summed E-state index contributed by atoms with van der Waals surface area (Å²) in [6.07, 6.45) is 0.963. The summed E-state index contributed by atoms with van der Waals surface area (Å²) >= 11 is 0. The third-order valence-corrected chi connectivity index (χ3v) is 5.04. The van der Waals surface area contributed by atoms with Crippen molar-refractivity contribution in [3.8, 4) is 23.1 Å². The Morgan fingerprint density at radius 1 is 1.07 bits per heavy atom. The van der Waals surface area contributed by atoms with Crippen LogP contribution in [0, 0.1) is 0 Å². The molecule has 0 aliphatic carbocycles. The Morgan fingerprint density at radius 2 is 1.90 bits per heavy atom. The van der Waals surface area contributed by atoms with E-state index in [4.69, 9.17) is 18.4 Å². The molecule has 5 rings (SSSR count). The van der Waals surface area contributed by atoms with Gasteiger partial charge in [0.15, 0.2) is 17.3 Å². The number of amides is 1. The Labute approximate surface area is 166 Å². The molecule has 1 saturated heterocycles. The lowest BCUT2D eigenvalue weighted by atomic mass is 10.2. The highest BCUT2D eigenvalue weighted by Gasteiger charge is 2.32. The number of nitrogens with zero attached hydrogens (tertiary/aromatic N) is 4. The highest BCUT2D eigenvalue weighted by atomic mass is 16.6. The number of aromatic nitrogens is 2. The van der Waals surface area contributed by atoms with Gasteiger partial charge >= 0.3 is 0 Å². The van der Waals surface area contributed by atoms with Gasteiger partial charge in [0, 0.05) is 26.2 Å². The van der Waals surface area contributed by atoms with Crippen LogP contribution in [-0.2, 0) is 11.3 Å². The molecule has 0 saturated carbocycles. The molecule has 1 unspecified atom stereocenters. The lowest BCUT2D eigenvalue weighted by molar-refractivity contribution is -0.143. The van der Waals surface area contributed by atoms with Crippen molar-refractivity contribution in [2.45, 2.75) is 12.6 Å². The molecule has 4 heterocycles. The molecule has 1 fully saturated rings. The van der Waals surface area contributed by atoms with E-state index in [-0.39, 0.29) is 12.5 Å². The van der Waals surface area contributed by atoms with E-state index in [0.29, 0.717) is 61.7 Å². The summed E-state index contributed by atoms with van der Waals surface area (Å²) in [6, 6.07) is 11.0. The quantitative estimate of drug-likeness (QED) is 0.659. The van der Waals surface area contributed by atoms with Gasteiger partial charge in [0.25, 0.3) is 5.91 Å². The third kappa shape index (κ3) is 3.68. The van der Waals surface area contributed by atoms with Crippen LogP contribution in [0.25, 0.3) is 11.6 Å². The Balaban J connectivity index is 1.14. The van der Waals surface area contributed by atoms with Crippen molar-refractivity contribution in [1.82, 2.24) is 19.9 Å². The molecule has 150 valence electrons. The monoisotopic (exact) mass is 396 g/mol. The molecule has 2 aliphatic heterocycles. The number of fused-ring (bicyclic) bond motifs is 1. The number of hydrogen-bond donors (Lipinski definition) is 0. The van der Waals surface area contributed by atoms with Gasteiger partial charge in [-0.1, -0.05) is 17.3 Å². The highest BCUT2D eigenvalue weighted by Crippen LogP contribution is 2.31. The molecule has 1 amide bonds. The smallest absolute Gasteiger partial charge is 0.267 e. The minimum absolute atomic E-state index is 0.0444. The van der Waals surface area contributed by atoms with E-state index >= 15 is 0 Å². The molecule has 1 atom stereocenters. The molecule has 0 spiro atoms. The number of carbonyl (C=O) groups is 1. The van der Waals surface area contributed by atoms with Crippen LogP contribution in [0.5, 0.6) is 11.5 Å². The maximum absolute atomic E-state index is 12.8. The number of furan rings is 1. The van der Waals surface area contributed by atoms with Crippen LogP contribution in [0.15, 0.2) is 51.6 Å². The van der Waals surface area contributed by atoms with E-state index in [0.717, 1.165) is 0 Å². The lowest BCUT2D eigenvalue weighted by Crippen LogP contribution is -2.53. The Hall–Kier alpha value is -3.33. The summed E-state index contributed by atoms with van der Waals surface area (Å²) in [6.45, 7) is 3.42. The van der Waals surface area contributed by atoms with E-state index in [1.807, 2.05) is 29.2 Å². The highest BCUT2D eigenvalue weighted by molar-refractivity contribution is 5.82. The van der Waals surface area contributed by atoms with Crippen LogP contribution >= 0.6 is 0 Å². The fourth-order valence-electron chi connectivity index (χ4n) is 3.49. The number of carbonyl (C=O) groups excluding carboxylic acids is 1. The number of ether oxygens (including phenoxy) is 2. The van der Waals surface area contributed by atoms with Crippen LogP contribution in [0.2, 0.25) is 0 Å². The van der Waals surface area contributed by atoms with Crippen molar-refractivity contribution < 1.29 is 23.2 Å². The third-order valence-electron chi connectivity index (χ3n) is 5.04. The van der Waals surface area contributed by atoms with Crippen molar-refractivity contribution in [1.29, 1.82) is 0 Å². The van der Waals surface area contributed by atoms with Gasteiger partial charge in [0.1, 0.15) is 6.61 Å². The van der Waals surface area contributed by atoms with Gasteiger partial charge in [-0.15, -0.1) is 0 Å². The standard InChI is InChI=1S/C20H20N4O5/c25-20(17-13-27-14-4-1-2-5-15(14)28-17)24-9-7-23(8-10-24)12-18-21-19(22-29-18)16-6-3-11-26-16/h1-6,11,17H,7-10,12-13H2. The average Bonchev–Trinajstić information content (AvgIpc) is 3.45. The van der Waals surface area contributed by atoms with Crippen molar-refractivity contribution in [2.75, 3.05) is 32.8 Å². The summed E-state index contributed by atoms with van der Waals surface area (Å²) < 4.78 is 22.1. The van der Waals surface area contributed by atoms with E-state index < -0.39 is 6.10 Å². The van der Waals surface area contributed by atoms with Crippen molar-refractivity contribution in [2.24, 2.45) is 0 Å². The molecular weight excluding hydrogens is 376 g/mol. The maximum atomic E-state index is 12.8. The zero-order valence-corrected chi connectivity index (χ0v) is 15.7. The van der Waals surface area contributed by atoms with Crippen LogP contribution in [0.3, 0.4) is 0 Å². The van der Waals surface area contributed by atoms with Gasteiger partial charge in [0.2, 0.25) is 17.8 Å². The molecule has 29 heavy (non-hydrogen) atoms. The Kier molecular flexibility index (Phi) is 4.65. The molecule has 9 heteroatoms. The second-order valence-corrected chi connectivity index (χ2v) is 6.95. The zero-order chi connectivity index (χ0) is 19.6. The van der Waals surface area contributed by atoms with E-state index in [2.05, 4.69) is 15.0 Å². The number of benzene rings is 1. The zero-order valence-electron chi connectivity index (χ0n) is 15.7. The first kappa shape index (κ1) is 17.7. The summed E-state index contributed by atoms with van der Waals surface area (Å²) in [7, 11) is 0. The van der Waals surface area contributed by atoms with Gasteiger partial charge in [0.05, 0.1) is 12.8 Å². The predicted molar refractivity (Wildman–Crippen MR) is 100 cm³/mol. The molecule has 0 N–H and O–H groups in total. The topological polar surface area (TPSA) is 94.1 Å². The second-order valence-electron chi connectivity index (χ2n) is 6.95. The van der Waals surface area contributed by atoms with Gasteiger partial charge in [-0.2, -0.15) is 4.98 Å². The van der Waals surface area contributed by atoms with E-state index in [1.165, 1.54) is 0 Å². The molecule has 2 aliphatic rings. The molecule has 0 radical (unpaired) electrons. The first-order chi connectivity index (χ1) is 14.3. The van der Waals surface area contributed by atoms with Gasteiger partial charge < -0.3 is 23.3 Å². The molecule has 2 aromatic heterocycles. The minimum Gasteiger partial charge on any atom is -0.485 e. The Bertz CT molecular complexity index is 978. The molecule has 0 bridgehead atoms. The van der Waals surface area contributed by atoms with E-state index in [9.17, 15) is 4.79 Å². The van der Waals surface area contributed by atoms with Crippen molar-refractivity contribution >= 4 is 5.91 Å². The summed E-state index contributed by atoms with van der Waals surface area (Å²) in [5.41, 5.74) is 0. The average molecular weight is 396 g/mol. The maximum Gasteiger partial charge on any atom is 0.267 e. The van der Waals surface area contributed by atoms with Crippen LogP contribution in [-0.4, -0.2) is 64.7 Å². The summed E-state index contributed by atoms with van der Waals surface area (Å²) in [5, 5.41) is 3.95. The number of hydrogen-bond acceptors (Lipinski definition) is 8. The normalized spacial score (nSPS) is 19.3. The SMILES string of the molecule is O=C(C1COc2ccccc2O1)N1CCN(Cc2nc(-c3ccco3)no2)CC1. The van der Waals surface area contributed by atoms with Gasteiger partial charge in [-0.25, -0.2) is 0 Å². The number of para-hydroxylation sites is 2. The predicted octanol–water partition coefficient (Wildman–Crippen LogP) is 1.81. The Morgan fingerprint density at radius 3 is 2.69 bits per heavy atom. The fraction of sp³-hybridized carbons (Fsp3) is 0.350. The number of piperazine rings is 1. The molecule has 9 nitrogen and oxygen atoms in total. The second kappa shape index (κ2) is 7.59. The summed E-state index contributed by atoms with van der Waals surface area (Å²) in [5.74, 6) is 2.78. The lowest BCUT2D eigenvalue weighted by Gasteiger charge is -2.36. The molecular formula is C20H20N4O5. The van der Waals surface area contributed by atoms with Crippen molar-refractivity contribution in [3.63, 3.8) is 0 Å². The van der Waals surface area contributed by atoms with E-state index in [1.54, 1.807) is 18.4 Å². The first-order valence-corrected chi connectivity index (χ1v) is 9.52. The van der Waals surface area contributed by atoms with Crippen molar-refractivity contribution in [3.05, 3.63) is 48.6 Å². The van der Waals surface area contributed by atoms with Gasteiger partial charge in [-0.3, -0.25) is 9.69 Å². The fourth-order valence-corrected chi connectivity index (χ4v) is 3.49. The summed E-state index contributed by atoms with van der Waals surface area (Å²) in [4.78, 5) is 21.2. The molecule has 3 aromatic rings. The van der Waals surface area contributed by atoms with Crippen LogP contribution in [0.4, 0.5) is 0 Å². The van der Waals surface area contributed by atoms with Crippen LogP contribution in [0.1, 0.15) is 5.89 Å². The minimum atomic E-state index is -0.608. The molecule has 1 aromatic carbocycles.